The summed E-state index contributed by atoms with van der Waals surface area (Å²) in [6, 6.07) is 10.9. The second kappa shape index (κ2) is 5.86. The van der Waals surface area contributed by atoms with Gasteiger partial charge < -0.3 is 19.1 Å². The molecule has 2 heterocycles. The maximum atomic E-state index is 9.43. The molecule has 0 amide bonds. The van der Waals surface area contributed by atoms with Gasteiger partial charge in [-0.2, -0.15) is 5.10 Å². The van der Waals surface area contributed by atoms with Crippen LogP contribution in [-0.2, 0) is 0 Å². The molecule has 0 fully saturated rings. The molecule has 0 radical (unpaired) electrons. The Morgan fingerprint density at radius 1 is 1.12 bits per heavy atom. The largest absolute Gasteiger partial charge is 0.493 e. The fourth-order valence-corrected chi connectivity index (χ4v) is 2.86. The minimum atomic E-state index is 0.379. The van der Waals surface area contributed by atoms with Crippen molar-refractivity contribution in [2.45, 2.75) is 0 Å². The Balaban J connectivity index is 2.04. The number of rotatable bonds is 3. The third kappa shape index (κ3) is 2.37. The lowest BCUT2D eigenvalue weighted by atomic mass is 10.1. The van der Waals surface area contributed by atoms with Crippen molar-refractivity contribution >= 4 is 21.9 Å². The highest BCUT2D eigenvalue weighted by atomic mass is 16.5. The van der Waals surface area contributed by atoms with E-state index in [1.54, 1.807) is 31.5 Å². The van der Waals surface area contributed by atoms with Gasteiger partial charge in [-0.3, -0.25) is 5.10 Å². The molecule has 0 saturated carbocycles. The molecule has 0 aliphatic heterocycles. The highest BCUT2D eigenvalue weighted by molar-refractivity contribution is 5.88. The molecular weight excluding hydrogens is 322 g/mol. The third-order valence-electron chi connectivity index (χ3n) is 4.09. The summed E-state index contributed by atoms with van der Waals surface area (Å²) < 4.78 is 16.8. The van der Waals surface area contributed by atoms with E-state index in [4.69, 9.17) is 13.9 Å². The first-order valence-corrected chi connectivity index (χ1v) is 7.55. The van der Waals surface area contributed by atoms with Gasteiger partial charge >= 0.3 is 0 Å². The molecule has 2 aromatic carbocycles. The smallest absolute Gasteiger partial charge is 0.204 e. The van der Waals surface area contributed by atoms with Crippen molar-refractivity contribution in [3.63, 3.8) is 0 Å². The zero-order valence-corrected chi connectivity index (χ0v) is 13.6. The Morgan fingerprint density at radius 2 is 2.00 bits per heavy atom. The van der Waals surface area contributed by atoms with Crippen molar-refractivity contribution in [2.75, 3.05) is 14.2 Å². The van der Waals surface area contributed by atoms with Gasteiger partial charge in [0, 0.05) is 17.0 Å². The Kier molecular flexibility index (Phi) is 3.53. The molecule has 2 N–H and O–H groups in total. The minimum Gasteiger partial charge on any atom is -0.493 e. The SMILES string of the molecule is COc1ccc2c(=NO)cc(-c3ccc4[nH]ncc4c3)oc2c1OC. The Hall–Kier alpha value is -3.48. The van der Waals surface area contributed by atoms with E-state index < -0.39 is 0 Å². The van der Waals surface area contributed by atoms with Crippen LogP contribution in [0, 0.1) is 0 Å². The van der Waals surface area contributed by atoms with E-state index in [2.05, 4.69) is 15.4 Å². The van der Waals surface area contributed by atoms with Crippen LogP contribution >= 0.6 is 0 Å². The van der Waals surface area contributed by atoms with E-state index in [0.717, 1.165) is 16.5 Å². The van der Waals surface area contributed by atoms with Crippen LogP contribution in [0.25, 0.3) is 33.2 Å². The first-order valence-electron chi connectivity index (χ1n) is 7.55. The summed E-state index contributed by atoms with van der Waals surface area (Å²) in [6.45, 7) is 0. The Labute approximate surface area is 142 Å². The van der Waals surface area contributed by atoms with Gasteiger partial charge in [-0.15, -0.1) is 0 Å². The summed E-state index contributed by atoms with van der Waals surface area (Å²) >= 11 is 0. The van der Waals surface area contributed by atoms with Crippen LogP contribution < -0.4 is 14.8 Å². The second-order valence-corrected chi connectivity index (χ2v) is 5.45. The third-order valence-corrected chi connectivity index (χ3v) is 4.09. The Bertz CT molecular complexity index is 1140. The summed E-state index contributed by atoms with van der Waals surface area (Å²) in [4.78, 5) is 0. The number of fused-ring (bicyclic) bond motifs is 2. The van der Waals surface area contributed by atoms with E-state index in [1.807, 2.05) is 18.2 Å². The van der Waals surface area contributed by atoms with E-state index in [0.29, 0.717) is 33.6 Å². The molecule has 0 saturated heterocycles. The number of hydrogen-bond acceptors (Lipinski definition) is 6. The lowest BCUT2D eigenvalue weighted by Gasteiger charge is -2.11. The number of benzene rings is 2. The summed E-state index contributed by atoms with van der Waals surface area (Å²) in [5, 5.41) is 21.7. The molecule has 0 spiro atoms. The molecular formula is C18H15N3O4. The van der Waals surface area contributed by atoms with Crippen LogP contribution in [0.3, 0.4) is 0 Å². The first kappa shape index (κ1) is 15.1. The molecule has 7 heteroatoms. The number of aromatic amines is 1. The molecule has 2 aromatic heterocycles. The van der Waals surface area contributed by atoms with Gasteiger partial charge in [-0.25, -0.2) is 0 Å². The highest BCUT2D eigenvalue weighted by Gasteiger charge is 2.15. The van der Waals surface area contributed by atoms with Gasteiger partial charge in [0.05, 0.1) is 31.3 Å². The molecule has 7 nitrogen and oxygen atoms in total. The van der Waals surface area contributed by atoms with Gasteiger partial charge in [-0.05, 0) is 30.3 Å². The lowest BCUT2D eigenvalue weighted by Crippen LogP contribution is -2.05. The van der Waals surface area contributed by atoms with E-state index >= 15 is 0 Å². The summed E-state index contributed by atoms with van der Waals surface area (Å²) in [6.07, 6.45) is 1.74. The summed E-state index contributed by atoms with van der Waals surface area (Å²) in [5.74, 6) is 1.51. The maximum absolute atomic E-state index is 9.43. The van der Waals surface area contributed by atoms with Gasteiger partial charge in [0.2, 0.25) is 5.75 Å². The van der Waals surface area contributed by atoms with Crippen LogP contribution in [-0.4, -0.2) is 29.6 Å². The normalized spacial score (nSPS) is 12.0. The number of nitrogens with one attached hydrogen (secondary N) is 1. The molecule has 25 heavy (non-hydrogen) atoms. The molecule has 0 bridgehead atoms. The fourth-order valence-electron chi connectivity index (χ4n) is 2.86. The average molecular weight is 337 g/mol. The van der Waals surface area contributed by atoms with E-state index in [1.165, 1.54) is 7.11 Å². The minimum absolute atomic E-state index is 0.379. The van der Waals surface area contributed by atoms with Crippen LogP contribution in [0.1, 0.15) is 0 Å². The van der Waals surface area contributed by atoms with Gasteiger partial charge in [0.1, 0.15) is 11.1 Å². The van der Waals surface area contributed by atoms with Crippen molar-refractivity contribution in [3.8, 4) is 22.8 Å². The molecule has 0 unspecified atom stereocenters. The number of ether oxygens (including phenoxy) is 2. The highest BCUT2D eigenvalue weighted by Crippen LogP contribution is 2.36. The topological polar surface area (TPSA) is 92.9 Å². The first-order chi connectivity index (χ1) is 12.2. The van der Waals surface area contributed by atoms with E-state index in [9.17, 15) is 5.21 Å². The van der Waals surface area contributed by atoms with Crippen molar-refractivity contribution in [3.05, 3.63) is 48.0 Å². The monoisotopic (exact) mass is 337 g/mol. The summed E-state index contributed by atoms with van der Waals surface area (Å²) in [7, 11) is 3.09. The van der Waals surface area contributed by atoms with Crippen LogP contribution in [0.4, 0.5) is 0 Å². The standard InChI is InChI=1S/C18H15N3O4/c1-23-15-6-4-12-14(21-22)8-16(25-17(12)18(15)24-2)10-3-5-13-11(7-10)9-19-20-13/h3-9,22H,1-2H3,(H,19,20). The molecule has 4 rings (SSSR count). The zero-order chi connectivity index (χ0) is 17.4. The second-order valence-electron chi connectivity index (χ2n) is 5.45. The number of hydrogen-bond donors (Lipinski definition) is 2. The molecule has 0 aliphatic carbocycles. The van der Waals surface area contributed by atoms with Crippen LogP contribution in [0.2, 0.25) is 0 Å². The van der Waals surface area contributed by atoms with Crippen LogP contribution in [0.5, 0.6) is 11.5 Å². The van der Waals surface area contributed by atoms with Crippen LogP contribution in [0.15, 0.2) is 52.2 Å². The van der Waals surface area contributed by atoms with Crippen molar-refractivity contribution < 1.29 is 19.1 Å². The van der Waals surface area contributed by atoms with Gasteiger partial charge in [-0.1, -0.05) is 5.16 Å². The fraction of sp³-hybridized carbons (Fsp3) is 0.111. The predicted octanol–water partition coefficient (Wildman–Crippen LogP) is 3.28. The zero-order valence-electron chi connectivity index (χ0n) is 13.6. The number of nitrogens with zero attached hydrogens (tertiary/aromatic N) is 2. The average Bonchev–Trinajstić information content (AvgIpc) is 3.13. The van der Waals surface area contributed by atoms with E-state index in [-0.39, 0.29) is 0 Å². The molecule has 0 atom stereocenters. The maximum Gasteiger partial charge on any atom is 0.204 e. The molecule has 126 valence electrons. The quantitative estimate of drug-likeness (QED) is 0.442. The summed E-state index contributed by atoms with van der Waals surface area (Å²) in [5.41, 5.74) is 2.20. The van der Waals surface area contributed by atoms with Crippen molar-refractivity contribution in [1.82, 2.24) is 10.2 Å². The van der Waals surface area contributed by atoms with Crippen molar-refractivity contribution in [2.24, 2.45) is 5.16 Å². The number of methoxy groups -OCH3 is 2. The number of H-pyrrole nitrogens is 1. The number of aromatic nitrogens is 2. The molecule has 4 aromatic rings. The Morgan fingerprint density at radius 3 is 2.76 bits per heavy atom. The predicted molar refractivity (Wildman–Crippen MR) is 91.8 cm³/mol. The molecule has 0 aliphatic rings. The van der Waals surface area contributed by atoms with Gasteiger partial charge in [0.15, 0.2) is 11.3 Å². The lowest BCUT2D eigenvalue weighted by molar-refractivity contribution is 0.302. The van der Waals surface area contributed by atoms with Gasteiger partial charge in [0.25, 0.3) is 0 Å². The van der Waals surface area contributed by atoms with Crippen molar-refractivity contribution in [1.29, 1.82) is 0 Å².